The molecule has 0 aliphatic carbocycles. The molecule has 0 aliphatic heterocycles. The van der Waals surface area contributed by atoms with Crippen molar-refractivity contribution in [2.24, 2.45) is 0 Å². The van der Waals surface area contributed by atoms with Gasteiger partial charge in [-0.1, -0.05) is 49.7 Å². The van der Waals surface area contributed by atoms with Crippen LogP contribution in [0.3, 0.4) is 0 Å². The monoisotopic (exact) mass is 506 g/mol. The number of anilines is 1. The molecule has 0 radical (unpaired) electrons. The molecular formula is C28H28ClFN4O2. The molecule has 0 spiro atoms. The topological polar surface area (TPSA) is 67.2 Å². The van der Waals surface area contributed by atoms with Crippen molar-refractivity contribution in [3.05, 3.63) is 99.3 Å². The van der Waals surface area contributed by atoms with Crippen molar-refractivity contribution in [2.45, 2.75) is 39.7 Å². The molecule has 0 saturated carbocycles. The van der Waals surface area contributed by atoms with Gasteiger partial charge in [-0.3, -0.25) is 9.36 Å². The summed E-state index contributed by atoms with van der Waals surface area (Å²) < 4.78 is 15.4. The van der Waals surface area contributed by atoms with E-state index >= 15 is 0 Å². The number of benzene rings is 3. The summed E-state index contributed by atoms with van der Waals surface area (Å²) in [6.45, 7) is 6.26. The van der Waals surface area contributed by atoms with Crippen LogP contribution >= 0.6 is 11.6 Å². The number of amides is 2. The molecule has 1 aromatic heterocycles. The van der Waals surface area contributed by atoms with Crippen molar-refractivity contribution in [3.63, 3.8) is 0 Å². The van der Waals surface area contributed by atoms with Crippen LogP contribution in [0.15, 0.2) is 71.5 Å². The van der Waals surface area contributed by atoms with E-state index in [-0.39, 0.29) is 16.6 Å². The smallest absolute Gasteiger partial charge is 0.315 e. The second-order valence-corrected chi connectivity index (χ2v) is 8.82. The molecule has 0 fully saturated rings. The Morgan fingerprint density at radius 2 is 1.81 bits per heavy atom. The van der Waals surface area contributed by atoms with Gasteiger partial charge >= 0.3 is 6.03 Å². The summed E-state index contributed by atoms with van der Waals surface area (Å²) >= 11 is 6.07. The minimum atomic E-state index is -0.584. The molecule has 4 rings (SSSR count). The molecule has 3 aromatic carbocycles. The van der Waals surface area contributed by atoms with Crippen LogP contribution in [0, 0.1) is 5.82 Å². The van der Waals surface area contributed by atoms with Crippen LogP contribution < -0.4 is 10.9 Å². The molecule has 186 valence electrons. The van der Waals surface area contributed by atoms with Gasteiger partial charge in [-0.2, -0.15) is 0 Å². The lowest BCUT2D eigenvalue weighted by atomic mass is 10.1. The average molecular weight is 507 g/mol. The number of hydrogen-bond acceptors (Lipinski definition) is 3. The van der Waals surface area contributed by atoms with E-state index in [9.17, 15) is 14.0 Å². The Morgan fingerprint density at radius 3 is 2.44 bits per heavy atom. The van der Waals surface area contributed by atoms with Gasteiger partial charge in [0.15, 0.2) is 0 Å². The third-order valence-electron chi connectivity index (χ3n) is 6.24. The van der Waals surface area contributed by atoms with E-state index in [0.717, 1.165) is 6.42 Å². The maximum atomic E-state index is 13.9. The zero-order valence-corrected chi connectivity index (χ0v) is 21.2. The number of carbonyl (C=O) groups is 1. The first-order chi connectivity index (χ1) is 17.4. The number of fused-ring (bicyclic) bond motifs is 1. The average Bonchev–Trinajstić information content (AvgIpc) is 2.89. The van der Waals surface area contributed by atoms with Gasteiger partial charge in [0.05, 0.1) is 27.7 Å². The Hall–Kier alpha value is -3.71. The van der Waals surface area contributed by atoms with Gasteiger partial charge in [0.1, 0.15) is 11.6 Å². The molecule has 1 N–H and O–H groups in total. The molecule has 36 heavy (non-hydrogen) atoms. The third kappa shape index (κ3) is 4.97. The van der Waals surface area contributed by atoms with Crippen LogP contribution in [0.1, 0.15) is 44.6 Å². The Kier molecular flexibility index (Phi) is 7.70. The number of nitrogens with one attached hydrogen (secondary N) is 1. The molecule has 0 aliphatic rings. The van der Waals surface area contributed by atoms with Gasteiger partial charge in [0, 0.05) is 12.2 Å². The number of aromatic nitrogens is 2. The Bertz CT molecular complexity index is 1450. The number of carbonyl (C=O) groups excluding carboxylic acids is 1. The second-order valence-electron chi connectivity index (χ2n) is 8.42. The summed E-state index contributed by atoms with van der Waals surface area (Å²) in [4.78, 5) is 33.5. The van der Waals surface area contributed by atoms with Crippen LogP contribution in [0.25, 0.3) is 16.6 Å². The Balaban J connectivity index is 1.83. The number of halogens is 2. The minimum absolute atomic E-state index is 0.104. The van der Waals surface area contributed by atoms with Gasteiger partial charge in [-0.15, -0.1) is 0 Å². The van der Waals surface area contributed by atoms with E-state index < -0.39 is 11.9 Å². The van der Waals surface area contributed by atoms with Gasteiger partial charge in [-0.25, -0.2) is 14.2 Å². The fourth-order valence-electron chi connectivity index (χ4n) is 4.31. The largest absolute Gasteiger partial charge is 0.322 e. The molecular weight excluding hydrogens is 479 g/mol. The molecule has 4 aromatic rings. The van der Waals surface area contributed by atoms with Gasteiger partial charge in [0.25, 0.3) is 5.56 Å². The van der Waals surface area contributed by atoms with E-state index in [1.54, 1.807) is 23.1 Å². The predicted octanol–water partition coefficient (Wildman–Crippen LogP) is 6.75. The summed E-state index contributed by atoms with van der Waals surface area (Å²) in [5, 5.41) is 3.27. The van der Waals surface area contributed by atoms with Crippen molar-refractivity contribution < 1.29 is 9.18 Å². The lowest BCUT2D eigenvalue weighted by Crippen LogP contribution is -2.40. The number of nitrogens with zero attached hydrogens (tertiary/aromatic N) is 3. The van der Waals surface area contributed by atoms with E-state index in [0.29, 0.717) is 41.1 Å². The SMILES string of the molecule is CCc1ccc(NC(=O)N(CC)C(CC)c2nc3ccccc3c(=O)n2-c2ccc(F)c(Cl)c2)cc1. The van der Waals surface area contributed by atoms with Crippen molar-refractivity contribution >= 4 is 34.2 Å². The minimum Gasteiger partial charge on any atom is -0.315 e. The summed E-state index contributed by atoms with van der Waals surface area (Å²) in [5.74, 6) is -0.207. The summed E-state index contributed by atoms with van der Waals surface area (Å²) in [5.41, 5.74) is 2.44. The molecule has 8 heteroatoms. The molecule has 2 amide bonds. The normalized spacial score (nSPS) is 11.9. The number of para-hydroxylation sites is 1. The summed E-state index contributed by atoms with van der Waals surface area (Å²) in [7, 11) is 0. The van der Waals surface area contributed by atoms with Crippen LogP contribution in [-0.4, -0.2) is 27.0 Å². The highest BCUT2D eigenvalue weighted by molar-refractivity contribution is 6.30. The Morgan fingerprint density at radius 1 is 1.08 bits per heavy atom. The van der Waals surface area contributed by atoms with E-state index in [1.807, 2.05) is 44.2 Å². The van der Waals surface area contributed by atoms with Crippen molar-refractivity contribution in [1.29, 1.82) is 0 Å². The van der Waals surface area contributed by atoms with Crippen molar-refractivity contribution in [1.82, 2.24) is 14.5 Å². The highest BCUT2D eigenvalue weighted by Gasteiger charge is 2.28. The first kappa shape index (κ1) is 25.4. The van der Waals surface area contributed by atoms with E-state index in [4.69, 9.17) is 16.6 Å². The highest BCUT2D eigenvalue weighted by Crippen LogP contribution is 2.28. The first-order valence-electron chi connectivity index (χ1n) is 12.0. The highest BCUT2D eigenvalue weighted by atomic mass is 35.5. The molecule has 0 bridgehead atoms. The molecule has 1 atom stereocenters. The van der Waals surface area contributed by atoms with Crippen molar-refractivity contribution in [3.8, 4) is 5.69 Å². The van der Waals surface area contributed by atoms with Crippen LogP contribution in [0.2, 0.25) is 5.02 Å². The van der Waals surface area contributed by atoms with Crippen LogP contribution in [-0.2, 0) is 6.42 Å². The third-order valence-corrected chi connectivity index (χ3v) is 6.53. The van der Waals surface area contributed by atoms with E-state index in [2.05, 4.69) is 12.2 Å². The summed E-state index contributed by atoms with van der Waals surface area (Å²) in [6.07, 6.45) is 1.40. The molecule has 6 nitrogen and oxygen atoms in total. The molecule has 1 heterocycles. The fraction of sp³-hybridized carbons (Fsp3) is 0.250. The van der Waals surface area contributed by atoms with Crippen molar-refractivity contribution in [2.75, 3.05) is 11.9 Å². The van der Waals surface area contributed by atoms with Crippen LogP contribution in [0.5, 0.6) is 0 Å². The standard InChI is InChI=1S/C28H28ClFN4O2/c1-4-18-11-13-19(14-12-18)31-28(36)33(6-3)25(5-2)26-32-24-10-8-7-9-21(24)27(35)34(26)20-15-16-23(30)22(29)17-20/h7-17,25H,4-6H2,1-3H3,(H,31,36). The lowest BCUT2D eigenvalue weighted by molar-refractivity contribution is 0.185. The maximum Gasteiger partial charge on any atom is 0.322 e. The zero-order chi connectivity index (χ0) is 25.8. The quantitative estimate of drug-likeness (QED) is 0.301. The fourth-order valence-corrected chi connectivity index (χ4v) is 4.49. The number of aryl methyl sites for hydroxylation is 1. The van der Waals surface area contributed by atoms with E-state index in [1.165, 1.54) is 28.3 Å². The predicted molar refractivity (Wildman–Crippen MR) is 143 cm³/mol. The number of hydrogen-bond donors (Lipinski definition) is 1. The van der Waals surface area contributed by atoms with Crippen LogP contribution in [0.4, 0.5) is 14.9 Å². The molecule has 1 unspecified atom stereocenters. The van der Waals surface area contributed by atoms with Gasteiger partial charge in [-0.05, 0) is 67.8 Å². The maximum absolute atomic E-state index is 13.9. The molecule has 0 saturated heterocycles. The lowest BCUT2D eigenvalue weighted by Gasteiger charge is -2.31. The number of urea groups is 1. The van der Waals surface area contributed by atoms with Gasteiger partial charge in [0.2, 0.25) is 0 Å². The first-order valence-corrected chi connectivity index (χ1v) is 12.4. The number of rotatable bonds is 7. The van der Waals surface area contributed by atoms with Gasteiger partial charge < -0.3 is 10.2 Å². The zero-order valence-electron chi connectivity index (χ0n) is 20.5. The second kappa shape index (κ2) is 10.9. The Labute approximate surface area is 214 Å². The summed E-state index contributed by atoms with van der Waals surface area (Å²) in [6, 6.07) is 18.0.